The number of carbonyl (C=O) groups is 1. The van der Waals surface area contributed by atoms with E-state index in [9.17, 15) is 4.79 Å². The summed E-state index contributed by atoms with van der Waals surface area (Å²) in [6.07, 6.45) is 6.96. The monoisotopic (exact) mass is 306 g/mol. The molecule has 1 atom stereocenters. The summed E-state index contributed by atoms with van der Waals surface area (Å²) in [4.78, 5) is 12.9. The fourth-order valence-electron chi connectivity index (χ4n) is 1.93. The zero-order chi connectivity index (χ0) is 15.5. The summed E-state index contributed by atoms with van der Waals surface area (Å²) in [6.45, 7) is 7.55. The molecule has 2 nitrogen and oxygen atoms in total. The third kappa shape index (κ3) is 7.96. The lowest BCUT2D eigenvalue weighted by atomic mass is 10.1. The van der Waals surface area contributed by atoms with Gasteiger partial charge in [-0.25, -0.2) is 4.79 Å². The summed E-state index contributed by atoms with van der Waals surface area (Å²) < 4.78 is 5.55. The number of esters is 1. The van der Waals surface area contributed by atoms with E-state index in [0.717, 1.165) is 17.7 Å². The summed E-state index contributed by atoms with van der Waals surface area (Å²) in [6, 6.07) is 10.1. The highest BCUT2D eigenvalue weighted by molar-refractivity contribution is 7.99. The van der Waals surface area contributed by atoms with Crippen molar-refractivity contribution in [2.24, 2.45) is 0 Å². The fourth-order valence-corrected chi connectivity index (χ4v) is 2.97. The Balaban J connectivity index is 2.49. The van der Waals surface area contributed by atoms with Crippen LogP contribution in [0.2, 0.25) is 0 Å². The summed E-state index contributed by atoms with van der Waals surface area (Å²) in [5, 5.41) is 0. The number of thioether (sulfide) groups is 1. The molecular weight excluding hydrogens is 280 g/mol. The van der Waals surface area contributed by atoms with Gasteiger partial charge in [0, 0.05) is 10.5 Å². The second kappa shape index (κ2) is 10.5. The molecule has 0 saturated carbocycles. The van der Waals surface area contributed by atoms with Crippen LogP contribution in [-0.2, 0) is 9.53 Å². The van der Waals surface area contributed by atoms with Gasteiger partial charge in [0.2, 0.25) is 0 Å². The topological polar surface area (TPSA) is 26.3 Å². The Hall–Kier alpha value is -1.22. The number of unbranched alkanes of at least 4 members (excludes halogenated alkanes) is 4. The van der Waals surface area contributed by atoms with Crippen LogP contribution in [0, 0.1) is 0 Å². The molecule has 0 saturated heterocycles. The molecule has 0 radical (unpaired) electrons. The van der Waals surface area contributed by atoms with Crippen molar-refractivity contribution >= 4 is 17.7 Å². The Kier molecular flexibility index (Phi) is 8.91. The molecule has 1 aromatic carbocycles. The number of carbonyl (C=O) groups excluding carboxylic acids is 1. The fraction of sp³-hybridized carbons (Fsp3) is 0.500. The third-order valence-corrected chi connectivity index (χ3v) is 4.28. The smallest absolute Gasteiger partial charge is 0.334 e. The highest BCUT2D eigenvalue weighted by atomic mass is 32.2. The van der Waals surface area contributed by atoms with Crippen molar-refractivity contribution < 1.29 is 9.53 Å². The molecule has 0 aliphatic heterocycles. The minimum absolute atomic E-state index is 0.127. The second-order valence-electron chi connectivity index (χ2n) is 5.25. The highest BCUT2D eigenvalue weighted by Crippen LogP contribution is 2.28. The molecule has 21 heavy (non-hydrogen) atoms. The van der Waals surface area contributed by atoms with Crippen molar-refractivity contribution in [3.05, 3.63) is 42.5 Å². The molecule has 0 N–H and O–H groups in total. The minimum Gasteiger partial charge on any atom is -0.448 e. The lowest BCUT2D eigenvalue weighted by Gasteiger charge is -2.17. The minimum atomic E-state index is -0.294. The van der Waals surface area contributed by atoms with Gasteiger partial charge in [-0.2, -0.15) is 0 Å². The lowest BCUT2D eigenvalue weighted by Crippen LogP contribution is -2.15. The van der Waals surface area contributed by atoms with Crippen molar-refractivity contribution in [1.82, 2.24) is 0 Å². The van der Waals surface area contributed by atoms with E-state index in [4.69, 9.17) is 4.74 Å². The van der Waals surface area contributed by atoms with Crippen molar-refractivity contribution in [3.63, 3.8) is 0 Å². The van der Waals surface area contributed by atoms with Crippen LogP contribution in [0.5, 0.6) is 0 Å². The van der Waals surface area contributed by atoms with Gasteiger partial charge in [-0.3, -0.25) is 0 Å². The number of hydrogen-bond donors (Lipinski definition) is 0. The van der Waals surface area contributed by atoms with Gasteiger partial charge in [-0.1, -0.05) is 69.1 Å². The predicted octanol–water partition coefficient (Wildman–Crippen LogP) is 5.58. The van der Waals surface area contributed by atoms with Crippen molar-refractivity contribution in [2.45, 2.75) is 62.7 Å². The van der Waals surface area contributed by atoms with Gasteiger partial charge in [-0.05, 0) is 31.9 Å². The normalized spacial score (nSPS) is 11.9. The Labute approximate surface area is 133 Å². The van der Waals surface area contributed by atoms with Gasteiger partial charge >= 0.3 is 5.97 Å². The standard InChI is InChI=1S/C18H26O2S/c1-4-5-6-7-11-14-17(20-18(19)15(2)3)21-16-12-9-8-10-13-16/h8-10,12-13,17H,2,4-7,11,14H2,1,3H3. The third-order valence-electron chi connectivity index (χ3n) is 3.14. The van der Waals surface area contributed by atoms with E-state index in [1.165, 1.54) is 25.7 Å². The first kappa shape index (κ1) is 17.8. The van der Waals surface area contributed by atoms with E-state index in [2.05, 4.69) is 13.5 Å². The predicted molar refractivity (Wildman–Crippen MR) is 90.4 cm³/mol. The van der Waals surface area contributed by atoms with Crippen LogP contribution in [-0.4, -0.2) is 11.4 Å². The summed E-state index contributed by atoms with van der Waals surface area (Å²) in [7, 11) is 0. The van der Waals surface area contributed by atoms with E-state index < -0.39 is 0 Å². The van der Waals surface area contributed by atoms with Gasteiger partial charge in [0.05, 0.1) is 0 Å². The Morgan fingerprint density at radius 2 is 1.86 bits per heavy atom. The average Bonchev–Trinajstić information content (AvgIpc) is 2.47. The van der Waals surface area contributed by atoms with Crippen molar-refractivity contribution in [1.29, 1.82) is 0 Å². The van der Waals surface area contributed by atoms with E-state index in [0.29, 0.717) is 5.57 Å². The first-order valence-electron chi connectivity index (χ1n) is 7.71. The molecule has 1 rings (SSSR count). The van der Waals surface area contributed by atoms with Gasteiger partial charge < -0.3 is 4.74 Å². The number of benzene rings is 1. The summed E-state index contributed by atoms with van der Waals surface area (Å²) in [5.41, 5.74) is 0.331. The maximum Gasteiger partial charge on any atom is 0.334 e. The molecule has 0 bridgehead atoms. The van der Waals surface area contributed by atoms with E-state index in [1.807, 2.05) is 30.3 Å². The molecule has 1 aromatic rings. The van der Waals surface area contributed by atoms with E-state index in [1.54, 1.807) is 18.7 Å². The summed E-state index contributed by atoms with van der Waals surface area (Å²) >= 11 is 1.61. The molecule has 0 heterocycles. The second-order valence-corrected chi connectivity index (χ2v) is 6.48. The average molecular weight is 306 g/mol. The molecule has 0 fully saturated rings. The first-order valence-corrected chi connectivity index (χ1v) is 8.59. The molecule has 0 aromatic heterocycles. The van der Waals surface area contributed by atoms with Gasteiger partial charge in [0.15, 0.2) is 5.44 Å². The SMILES string of the molecule is C=C(C)C(=O)OC(CCCCCCC)Sc1ccccc1. The van der Waals surface area contributed by atoms with Crippen molar-refractivity contribution in [3.8, 4) is 0 Å². The molecule has 0 amide bonds. The Bertz CT molecular complexity index is 428. The quantitative estimate of drug-likeness (QED) is 0.185. The molecule has 3 heteroatoms. The number of ether oxygens (including phenoxy) is 1. The number of hydrogen-bond acceptors (Lipinski definition) is 3. The maximum absolute atomic E-state index is 11.7. The van der Waals surface area contributed by atoms with Gasteiger partial charge in [0.1, 0.15) is 0 Å². The van der Waals surface area contributed by atoms with E-state index >= 15 is 0 Å². The zero-order valence-corrected chi connectivity index (χ0v) is 14.0. The largest absolute Gasteiger partial charge is 0.448 e. The van der Waals surface area contributed by atoms with Crippen LogP contribution in [0.3, 0.4) is 0 Å². The van der Waals surface area contributed by atoms with Crippen LogP contribution < -0.4 is 0 Å². The van der Waals surface area contributed by atoms with Crippen LogP contribution >= 0.6 is 11.8 Å². The maximum atomic E-state index is 11.7. The highest BCUT2D eigenvalue weighted by Gasteiger charge is 2.16. The van der Waals surface area contributed by atoms with Crippen LogP contribution in [0.15, 0.2) is 47.4 Å². The van der Waals surface area contributed by atoms with Crippen LogP contribution in [0.1, 0.15) is 52.4 Å². The van der Waals surface area contributed by atoms with E-state index in [-0.39, 0.29) is 11.4 Å². The Morgan fingerprint density at radius 1 is 1.19 bits per heavy atom. The molecule has 1 unspecified atom stereocenters. The van der Waals surface area contributed by atoms with Crippen LogP contribution in [0.25, 0.3) is 0 Å². The molecule has 0 aliphatic rings. The summed E-state index contributed by atoms with van der Waals surface area (Å²) in [5.74, 6) is -0.294. The zero-order valence-electron chi connectivity index (χ0n) is 13.1. The lowest BCUT2D eigenvalue weighted by molar-refractivity contribution is -0.140. The molecule has 116 valence electrons. The molecular formula is C18H26O2S. The Morgan fingerprint density at radius 3 is 2.48 bits per heavy atom. The van der Waals surface area contributed by atoms with Gasteiger partial charge in [0.25, 0.3) is 0 Å². The number of rotatable bonds is 10. The molecule has 0 spiro atoms. The van der Waals surface area contributed by atoms with Crippen LogP contribution in [0.4, 0.5) is 0 Å². The molecule has 0 aliphatic carbocycles. The first-order chi connectivity index (χ1) is 10.1. The van der Waals surface area contributed by atoms with Crippen molar-refractivity contribution in [2.75, 3.05) is 0 Å². The van der Waals surface area contributed by atoms with Gasteiger partial charge in [-0.15, -0.1) is 0 Å².